The second-order valence-electron chi connectivity index (χ2n) is 5.13. The Hall–Kier alpha value is -3.68. The van der Waals surface area contributed by atoms with Gasteiger partial charge in [0.25, 0.3) is 5.91 Å². The number of carbonyl (C=O) groups is 4. The zero-order valence-electron chi connectivity index (χ0n) is 13.9. The average molecular weight is 355 g/mol. The molecule has 0 aliphatic heterocycles. The maximum absolute atomic E-state index is 12.0. The van der Waals surface area contributed by atoms with Gasteiger partial charge in [-0.3, -0.25) is 19.7 Å². The summed E-state index contributed by atoms with van der Waals surface area (Å²) in [6.45, 7) is 1.81. The third-order valence-corrected chi connectivity index (χ3v) is 3.28. The highest BCUT2D eigenvalue weighted by Gasteiger charge is 2.20. The first-order chi connectivity index (χ1) is 12.4. The van der Waals surface area contributed by atoms with E-state index in [4.69, 9.17) is 10.5 Å². The third-order valence-electron chi connectivity index (χ3n) is 3.28. The minimum absolute atomic E-state index is 0.0976. The van der Waals surface area contributed by atoms with Crippen LogP contribution in [0, 0.1) is 0 Å². The van der Waals surface area contributed by atoms with Crippen LogP contribution in [0.4, 0.5) is 11.4 Å². The van der Waals surface area contributed by atoms with Gasteiger partial charge in [-0.2, -0.15) is 0 Å². The van der Waals surface area contributed by atoms with Crippen LogP contribution in [0.3, 0.4) is 0 Å². The van der Waals surface area contributed by atoms with Crippen molar-refractivity contribution in [2.24, 2.45) is 0 Å². The molecule has 134 valence electrons. The molecule has 0 atom stereocenters. The molecule has 0 aliphatic rings. The lowest BCUT2D eigenvalue weighted by molar-refractivity contribution is -0.135. The summed E-state index contributed by atoms with van der Waals surface area (Å²) in [4.78, 5) is 47.8. The van der Waals surface area contributed by atoms with Gasteiger partial charge in [0.05, 0.1) is 17.9 Å². The largest absolute Gasteiger partial charge is 0.462 e. The van der Waals surface area contributed by atoms with Crippen LogP contribution in [-0.4, -0.2) is 30.3 Å². The van der Waals surface area contributed by atoms with E-state index in [9.17, 15) is 19.2 Å². The number of nitrogens with one attached hydrogen (secondary N) is 2. The molecule has 0 saturated heterocycles. The quantitative estimate of drug-likeness (QED) is 0.431. The number of carbonyl (C=O) groups excluding carboxylic acids is 4. The van der Waals surface area contributed by atoms with Crippen molar-refractivity contribution in [1.82, 2.24) is 5.32 Å². The van der Waals surface area contributed by atoms with E-state index < -0.39 is 23.7 Å². The van der Waals surface area contributed by atoms with Crippen LogP contribution in [0.2, 0.25) is 0 Å². The van der Waals surface area contributed by atoms with Crippen LogP contribution in [0.25, 0.3) is 0 Å². The molecule has 0 heterocycles. The summed E-state index contributed by atoms with van der Waals surface area (Å²) in [5.41, 5.74) is 6.35. The van der Waals surface area contributed by atoms with E-state index in [-0.39, 0.29) is 23.4 Å². The molecule has 2 aromatic carbocycles. The first-order valence-corrected chi connectivity index (χ1v) is 7.70. The summed E-state index contributed by atoms with van der Waals surface area (Å²) < 4.78 is 4.89. The molecule has 0 spiro atoms. The minimum atomic E-state index is -1.16. The van der Waals surface area contributed by atoms with Gasteiger partial charge in [0.1, 0.15) is 0 Å². The Kier molecular flexibility index (Phi) is 6.05. The minimum Gasteiger partial charge on any atom is -0.462 e. The fourth-order valence-electron chi connectivity index (χ4n) is 2.02. The summed E-state index contributed by atoms with van der Waals surface area (Å²) >= 11 is 0. The summed E-state index contributed by atoms with van der Waals surface area (Å²) in [6.07, 6.45) is 0. The maximum atomic E-state index is 12.0. The van der Waals surface area contributed by atoms with Crippen molar-refractivity contribution in [3.05, 3.63) is 59.7 Å². The number of hydrogen-bond acceptors (Lipinski definition) is 6. The second-order valence-corrected chi connectivity index (χ2v) is 5.13. The number of hydrogen-bond donors (Lipinski definition) is 3. The molecule has 8 nitrogen and oxygen atoms in total. The van der Waals surface area contributed by atoms with E-state index in [2.05, 4.69) is 5.32 Å². The predicted octanol–water partition coefficient (Wildman–Crippen LogP) is 1.34. The van der Waals surface area contributed by atoms with E-state index in [1.165, 1.54) is 36.4 Å². The Bertz CT molecular complexity index is 846. The van der Waals surface area contributed by atoms with Crippen molar-refractivity contribution in [2.45, 2.75) is 6.92 Å². The van der Waals surface area contributed by atoms with Crippen LogP contribution in [0.5, 0.6) is 0 Å². The molecule has 3 amide bonds. The van der Waals surface area contributed by atoms with Crippen molar-refractivity contribution in [1.29, 1.82) is 0 Å². The van der Waals surface area contributed by atoms with Crippen LogP contribution < -0.4 is 16.4 Å². The third kappa shape index (κ3) is 4.67. The van der Waals surface area contributed by atoms with Crippen molar-refractivity contribution in [2.75, 3.05) is 17.7 Å². The van der Waals surface area contributed by atoms with Crippen LogP contribution in [0.1, 0.15) is 27.6 Å². The zero-order chi connectivity index (χ0) is 19.1. The van der Waals surface area contributed by atoms with Gasteiger partial charge in [-0.15, -0.1) is 0 Å². The number of para-hydroxylation sites is 1. The molecule has 2 aromatic rings. The lowest BCUT2D eigenvalue weighted by atomic mass is 10.1. The second kappa shape index (κ2) is 8.43. The van der Waals surface area contributed by atoms with Crippen molar-refractivity contribution >= 4 is 35.1 Å². The summed E-state index contributed by atoms with van der Waals surface area (Å²) in [5.74, 6) is -3.64. The molecule has 4 N–H and O–H groups in total. The van der Waals surface area contributed by atoms with E-state index in [1.54, 1.807) is 19.1 Å². The molecular formula is C18H17N3O5. The lowest BCUT2D eigenvalue weighted by Crippen LogP contribution is -2.39. The normalized spacial score (nSPS) is 9.88. The van der Waals surface area contributed by atoms with E-state index in [0.717, 1.165) is 0 Å². The molecule has 0 bridgehead atoms. The van der Waals surface area contributed by atoms with E-state index >= 15 is 0 Å². The average Bonchev–Trinajstić information content (AvgIpc) is 2.62. The number of imide groups is 1. The van der Waals surface area contributed by atoms with E-state index in [0.29, 0.717) is 5.69 Å². The van der Waals surface area contributed by atoms with Gasteiger partial charge in [0, 0.05) is 11.3 Å². The highest BCUT2D eigenvalue weighted by Crippen LogP contribution is 2.16. The van der Waals surface area contributed by atoms with Gasteiger partial charge < -0.3 is 15.8 Å². The number of rotatable bonds is 4. The molecule has 0 radical (unpaired) electrons. The number of ether oxygens (including phenoxy) is 1. The number of nitrogens with two attached hydrogens (primary N) is 1. The Morgan fingerprint density at radius 3 is 2.27 bits per heavy atom. The Labute approximate surface area is 149 Å². The number of esters is 1. The fraction of sp³-hybridized carbons (Fsp3) is 0.111. The molecule has 8 heteroatoms. The van der Waals surface area contributed by atoms with Crippen molar-refractivity contribution in [3.63, 3.8) is 0 Å². The van der Waals surface area contributed by atoms with Crippen LogP contribution in [-0.2, 0) is 14.3 Å². The van der Waals surface area contributed by atoms with Crippen molar-refractivity contribution < 1.29 is 23.9 Å². The van der Waals surface area contributed by atoms with Gasteiger partial charge in [-0.1, -0.05) is 12.1 Å². The van der Waals surface area contributed by atoms with Crippen LogP contribution >= 0.6 is 0 Å². The maximum Gasteiger partial charge on any atom is 0.340 e. The van der Waals surface area contributed by atoms with Gasteiger partial charge in [-0.25, -0.2) is 4.79 Å². The Morgan fingerprint density at radius 2 is 1.62 bits per heavy atom. The molecule has 0 unspecified atom stereocenters. The molecule has 0 aromatic heterocycles. The summed E-state index contributed by atoms with van der Waals surface area (Å²) in [5, 5.41) is 4.25. The number of anilines is 2. The van der Waals surface area contributed by atoms with Gasteiger partial charge in [0.2, 0.25) is 0 Å². The van der Waals surface area contributed by atoms with Crippen molar-refractivity contribution in [3.8, 4) is 0 Å². The smallest absolute Gasteiger partial charge is 0.340 e. The highest BCUT2D eigenvalue weighted by molar-refractivity contribution is 6.42. The Morgan fingerprint density at radius 1 is 0.962 bits per heavy atom. The highest BCUT2D eigenvalue weighted by atomic mass is 16.5. The number of nitrogen functional groups attached to an aromatic ring is 1. The van der Waals surface area contributed by atoms with Gasteiger partial charge in [0.15, 0.2) is 0 Å². The Balaban J connectivity index is 2.05. The van der Waals surface area contributed by atoms with Gasteiger partial charge >= 0.3 is 17.8 Å². The first-order valence-electron chi connectivity index (χ1n) is 7.70. The molecule has 2 rings (SSSR count). The SMILES string of the molecule is CCOC(=O)c1ccccc1NC(=O)C(=O)NC(=O)c1ccc(N)cc1. The first kappa shape index (κ1) is 18.7. The standard InChI is InChI=1S/C18H17N3O5/c1-2-26-18(25)13-5-3-4-6-14(13)20-16(23)17(24)21-15(22)11-7-9-12(19)10-8-11/h3-10H,2,19H2,1H3,(H,20,23)(H,21,22,24). The molecule has 0 saturated carbocycles. The van der Waals surface area contributed by atoms with Gasteiger partial charge in [-0.05, 0) is 43.3 Å². The van der Waals surface area contributed by atoms with E-state index in [1.807, 2.05) is 5.32 Å². The lowest BCUT2D eigenvalue weighted by Gasteiger charge is -2.10. The number of benzene rings is 2. The molecule has 0 fully saturated rings. The monoisotopic (exact) mass is 355 g/mol. The molecule has 0 aliphatic carbocycles. The predicted molar refractivity (Wildman–Crippen MR) is 94.4 cm³/mol. The number of amides is 3. The molecule has 26 heavy (non-hydrogen) atoms. The van der Waals surface area contributed by atoms with Crippen LogP contribution in [0.15, 0.2) is 48.5 Å². The molecular weight excluding hydrogens is 338 g/mol. The topological polar surface area (TPSA) is 128 Å². The summed E-state index contributed by atoms with van der Waals surface area (Å²) in [6, 6.07) is 11.9. The summed E-state index contributed by atoms with van der Waals surface area (Å²) in [7, 11) is 0. The fourth-order valence-corrected chi connectivity index (χ4v) is 2.02. The zero-order valence-corrected chi connectivity index (χ0v) is 13.9.